The number of ether oxygens (including phenoxy) is 2. The second-order valence-electron chi connectivity index (χ2n) is 10.9. The van der Waals surface area contributed by atoms with Gasteiger partial charge in [0.2, 0.25) is 0 Å². The number of phenols is 2. The minimum absolute atomic E-state index is 0.0378. The number of carbonyl (C=O) groups is 1. The molecule has 0 radical (unpaired) electrons. The third kappa shape index (κ3) is 9.34. The highest BCUT2D eigenvalue weighted by molar-refractivity contribution is 7.92. The number of halogens is 2. The first-order valence-corrected chi connectivity index (χ1v) is 19.5. The van der Waals surface area contributed by atoms with Gasteiger partial charge in [-0.05, 0) is 53.9 Å². The van der Waals surface area contributed by atoms with Gasteiger partial charge in [-0.2, -0.15) is 15.2 Å². The van der Waals surface area contributed by atoms with Crippen LogP contribution in [-0.4, -0.2) is 57.1 Å². The van der Waals surface area contributed by atoms with E-state index in [4.69, 9.17) is 34.8 Å². The SMILES string of the molecule is N#Cc1ccc(OP(=O)(CNS(=O)(=O)c2cc3cc(OCCNC(=O)c4cccc(O)c4O)c(OCCN)cc3s2)Oc2ccc(C#N)c(F)c2)cc1F. The molecule has 5 aromatic rings. The van der Waals surface area contributed by atoms with Crippen molar-refractivity contribution in [2.24, 2.45) is 5.73 Å². The van der Waals surface area contributed by atoms with Gasteiger partial charge < -0.3 is 39.8 Å². The fourth-order valence-electron chi connectivity index (χ4n) is 4.61. The van der Waals surface area contributed by atoms with E-state index in [1.54, 1.807) is 12.1 Å². The zero-order valence-electron chi connectivity index (χ0n) is 27.6. The van der Waals surface area contributed by atoms with Crippen molar-refractivity contribution in [1.29, 1.82) is 10.5 Å². The molecule has 0 unspecified atom stereocenters. The summed E-state index contributed by atoms with van der Waals surface area (Å²) in [5, 5.41) is 40.6. The number of thiophene rings is 1. The van der Waals surface area contributed by atoms with Crippen molar-refractivity contribution >= 4 is 44.9 Å². The highest BCUT2D eigenvalue weighted by atomic mass is 32.2. The second-order valence-corrected chi connectivity index (χ2v) is 15.9. The maximum Gasteiger partial charge on any atom is 0.445 e. The third-order valence-electron chi connectivity index (χ3n) is 7.16. The number of carbonyl (C=O) groups excluding carboxylic acids is 1. The summed E-state index contributed by atoms with van der Waals surface area (Å²) in [4.78, 5) is 12.5. The van der Waals surface area contributed by atoms with E-state index in [2.05, 4.69) is 10.0 Å². The van der Waals surface area contributed by atoms with Crippen LogP contribution in [0.1, 0.15) is 21.5 Å². The molecule has 0 fully saturated rings. The molecule has 0 aliphatic carbocycles. The maximum absolute atomic E-state index is 14.3. The molecule has 0 spiro atoms. The van der Waals surface area contributed by atoms with E-state index in [-0.39, 0.29) is 70.2 Å². The van der Waals surface area contributed by atoms with Crippen LogP contribution in [0.5, 0.6) is 34.5 Å². The van der Waals surface area contributed by atoms with Gasteiger partial charge in [0.25, 0.3) is 15.9 Å². The number of aromatic hydroxyl groups is 2. The standard InChI is InChI=1S/C34H28F2N5O10PS2/c35-26-14-23(6-4-20(26)17-38)50-52(45,51-24-7-5-21(18-39)27(36)15-24)19-41-54(46,47)32-13-22-12-29(30(48-10-8-37)16-31(22)53-32)49-11-9-40-34(44)25-2-1-3-28(42)33(25)43/h1-7,12-16,41-43H,8-11,19,37H2,(H,40,44). The van der Waals surface area contributed by atoms with Gasteiger partial charge in [-0.25, -0.2) is 21.8 Å². The number of phenolic OH excluding ortho intramolecular Hbond substituents is 2. The molecule has 1 aromatic heterocycles. The zero-order valence-corrected chi connectivity index (χ0v) is 30.1. The lowest BCUT2D eigenvalue weighted by atomic mass is 10.1. The average Bonchev–Trinajstić information content (AvgIpc) is 3.57. The molecule has 54 heavy (non-hydrogen) atoms. The molecule has 0 atom stereocenters. The molecule has 4 aromatic carbocycles. The van der Waals surface area contributed by atoms with Gasteiger partial charge >= 0.3 is 7.60 Å². The summed E-state index contributed by atoms with van der Waals surface area (Å²) in [6.45, 7) is 0.0938. The molecule has 15 nitrogen and oxygen atoms in total. The third-order valence-corrected chi connectivity index (χ3v) is 11.9. The number of nitrogens with one attached hydrogen (secondary N) is 2. The van der Waals surface area contributed by atoms with E-state index in [0.29, 0.717) is 10.1 Å². The summed E-state index contributed by atoms with van der Waals surface area (Å²) in [6, 6.07) is 17.3. The molecule has 5 rings (SSSR count). The Morgan fingerprint density at radius 1 is 0.889 bits per heavy atom. The van der Waals surface area contributed by atoms with Crippen molar-refractivity contribution in [3.63, 3.8) is 0 Å². The number of benzene rings is 4. The Morgan fingerprint density at radius 2 is 1.50 bits per heavy atom. The van der Waals surface area contributed by atoms with Gasteiger partial charge in [-0.1, -0.05) is 6.07 Å². The van der Waals surface area contributed by atoms with Gasteiger partial charge in [0.05, 0.1) is 23.2 Å². The largest absolute Gasteiger partial charge is 0.504 e. The number of nitrogens with two attached hydrogens (primary N) is 1. The van der Waals surface area contributed by atoms with Crippen molar-refractivity contribution in [2.75, 3.05) is 32.6 Å². The molecule has 0 aliphatic heterocycles. The summed E-state index contributed by atoms with van der Waals surface area (Å²) in [5.41, 5.74) is 4.76. The van der Waals surface area contributed by atoms with E-state index in [9.17, 15) is 36.8 Å². The van der Waals surface area contributed by atoms with Crippen molar-refractivity contribution in [3.8, 4) is 46.6 Å². The predicted octanol–water partition coefficient (Wildman–Crippen LogP) is 5.07. The quantitative estimate of drug-likeness (QED) is 0.0498. The smallest absolute Gasteiger partial charge is 0.445 e. The van der Waals surface area contributed by atoms with E-state index >= 15 is 0 Å². The Hall–Kier alpha value is -5.95. The number of nitrogens with zero attached hydrogens (tertiary/aromatic N) is 2. The molecule has 0 saturated heterocycles. The van der Waals surface area contributed by atoms with Crippen LogP contribution in [0.25, 0.3) is 10.1 Å². The number of hydrogen-bond acceptors (Lipinski definition) is 14. The normalized spacial score (nSPS) is 11.4. The molecule has 20 heteroatoms. The Labute approximate surface area is 310 Å². The van der Waals surface area contributed by atoms with Crippen LogP contribution in [0.3, 0.4) is 0 Å². The predicted molar refractivity (Wildman–Crippen MR) is 190 cm³/mol. The first-order valence-electron chi connectivity index (χ1n) is 15.5. The van der Waals surface area contributed by atoms with Gasteiger partial charge in [0.15, 0.2) is 23.0 Å². The number of amides is 1. The Balaban J connectivity index is 1.35. The molecular formula is C34H28F2N5O10PS2. The number of rotatable bonds is 16. The minimum atomic E-state index is -4.67. The Bertz CT molecular complexity index is 2400. The van der Waals surface area contributed by atoms with Crippen molar-refractivity contribution < 1.29 is 55.3 Å². The Morgan fingerprint density at radius 3 is 2.09 bits per heavy atom. The Kier molecular flexibility index (Phi) is 12.2. The van der Waals surface area contributed by atoms with E-state index in [1.165, 1.54) is 36.4 Å². The van der Waals surface area contributed by atoms with Crippen LogP contribution < -0.4 is 34.3 Å². The van der Waals surface area contributed by atoms with Crippen molar-refractivity contribution in [2.45, 2.75) is 4.21 Å². The zero-order chi connectivity index (χ0) is 39.0. The highest BCUT2D eigenvalue weighted by Crippen LogP contribution is 2.48. The molecule has 0 saturated carbocycles. The van der Waals surface area contributed by atoms with E-state index in [0.717, 1.165) is 47.7 Å². The monoisotopic (exact) mass is 799 g/mol. The number of fused-ring (bicyclic) bond motifs is 1. The first-order chi connectivity index (χ1) is 25.8. The van der Waals surface area contributed by atoms with Crippen LogP contribution in [0, 0.1) is 34.3 Å². The fraction of sp³-hybridized carbons (Fsp3) is 0.147. The summed E-state index contributed by atoms with van der Waals surface area (Å²) in [6.07, 6.45) is -1.03. The van der Waals surface area contributed by atoms with Gasteiger partial charge in [-0.3, -0.25) is 4.79 Å². The lowest BCUT2D eigenvalue weighted by Crippen LogP contribution is -2.28. The number of para-hydroxylation sites is 1. The molecule has 6 N–H and O–H groups in total. The van der Waals surface area contributed by atoms with Crippen molar-refractivity contribution in [3.05, 3.63) is 101 Å². The van der Waals surface area contributed by atoms with Crippen LogP contribution >= 0.6 is 18.9 Å². The highest BCUT2D eigenvalue weighted by Gasteiger charge is 2.33. The fourth-order valence-corrected chi connectivity index (χ4v) is 9.07. The van der Waals surface area contributed by atoms with Gasteiger partial charge in [0.1, 0.15) is 59.0 Å². The van der Waals surface area contributed by atoms with Gasteiger partial charge in [0, 0.05) is 29.4 Å². The lowest BCUT2D eigenvalue weighted by molar-refractivity contribution is 0.0943. The summed E-state index contributed by atoms with van der Waals surface area (Å²) in [5.74, 6) is -4.15. The number of hydrogen-bond donors (Lipinski definition) is 5. The molecule has 0 aliphatic rings. The number of nitriles is 2. The summed E-state index contributed by atoms with van der Waals surface area (Å²) < 4.78 is 94.4. The molecule has 0 bridgehead atoms. The summed E-state index contributed by atoms with van der Waals surface area (Å²) in [7, 11) is -9.14. The van der Waals surface area contributed by atoms with E-state index < -0.39 is 52.9 Å². The summed E-state index contributed by atoms with van der Waals surface area (Å²) >= 11 is 0.813. The second kappa shape index (κ2) is 16.8. The molecular weight excluding hydrogens is 772 g/mol. The molecule has 1 amide bonds. The van der Waals surface area contributed by atoms with Crippen LogP contribution in [-0.2, 0) is 14.6 Å². The van der Waals surface area contributed by atoms with E-state index in [1.807, 2.05) is 0 Å². The average molecular weight is 800 g/mol. The first kappa shape index (κ1) is 39.3. The lowest BCUT2D eigenvalue weighted by Gasteiger charge is -2.20. The topological polar surface area (TPSA) is 243 Å². The number of sulfonamides is 1. The molecule has 280 valence electrons. The minimum Gasteiger partial charge on any atom is -0.504 e. The van der Waals surface area contributed by atoms with Crippen LogP contribution in [0.4, 0.5) is 8.78 Å². The molecule has 1 heterocycles. The van der Waals surface area contributed by atoms with Crippen molar-refractivity contribution in [1.82, 2.24) is 10.0 Å². The van der Waals surface area contributed by atoms with Gasteiger partial charge in [-0.15, -0.1) is 11.3 Å². The maximum atomic E-state index is 14.3. The van der Waals surface area contributed by atoms with Crippen LogP contribution in [0.2, 0.25) is 0 Å². The van der Waals surface area contributed by atoms with Crippen LogP contribution in [0.15, 0.2) is 77.0 Å².